The van der Waals surface area contributed by atoms with Crippen molar-refractivity contribution < 1.29 is 4.74 Å². The predicted octanol–water partition coefficient (Wildman–Crippen LogP) is 1.01. The highest BCUT2D eigenvalue weighted by Crippen LogP contribution is 2.18. The number of nitrogens with one attached hydrogen (secondary N) is 1. The fourth-order valence-electron chi connectivity index (χ4n) is 0.876. The highest BCUT2D eigenvalue weighted by atomic mass is 35.5. The number of nitrogens with zero attached hydrogens (tertiary/aromatic N) is 3. The van der Waals surface area contributed by atoms with Crippen molar-refractivity contribution in [3.05, 3.63) is 11.5 Å². The third-order valence-corrected chi connectivity index (χ3v) is 1.70. The number of rotatable bonds is 1. The fourth-order valence-corrected chi connectivity index (χ4v) is 1.05. The molecule has 2 rings (SSSR count). The standard InChI is InChI=1S/C6H5ClN4O/c1-12-6-10-3-4(7)8-2-9-5(3)11-6/h2H,1H3,(H,8,9,10,11). The van der Waals surface area contributed by atoms with Gasteiger partial charge < -0.3 is 9.72 Å². The molecule has 0 aliphatic rings. The van der Waals surface area contributed by atoms with Gasteiger partial charge in [0.2, 0.25) is 0 Å². The first kappa shape index (κ1) is 7.30. The Bertz CT molecular complexity index is 413. The summed E-state index contributed by atoms with van der Waals surface area (Å²) in [4.78, 5) is 14.5. The second-order valence-electron chi connectivity index (χ2n) is 2.11. The Morgan fingerprint density at radius 2 is 2.33 bits per heavy atom. The van der Waals surface area contributed by atoms with Crippen LogP contribution in [0.2, 0.25) is 5.15 Å². The van der Waals surface area contributed by atoms with E-state index >= 15 is 0 Å². The molecule has 0 aromatic carbocycles. The number of aromatic amines is 1. The van der Waals surface area contributed by atoms with E-state index in [1.165, 1.54) is 13.4 Å². The first-order valence-corrected chi connectivity index (χ1v) is 3.59. The van der Waals surface area contributed by atoms with E-state index in [0.717, 1.165) is 0 Å². The van der Waals surface area contributed by atoms with Crippen LogP contribution in [0.3, 0.4) is 0 Å². The average molecular weight is 185 g/mol. The first-order valence-electron chi connectivity index (χ1n) is 3.21. The molecular formula is C6H5ClN4O. The Kier molecular flexibility index (Phi) is 1.58. The number of ether oxygens (including phenoxy) is 1. The highest BCUT2D eigenvalue weighted by Gasteiger charge is 2.06. The smallest absolute Gasteiger partial charge is 0.295 e. The van der Waals surface area contributed by atoms with E-state index in [2.05, 4.69) is 19.9 Å². The van der Waals surface area contributed by atoms with Crippen LogP contribution in [0.15, 0.2) is 6.33 Å². The molecule has 2 aromatic heterocycles. The van der Waals surface area contributed by atoms with E-state index in [1.54, 1.807) is 0 Å². The van der Waals surface area contributed by atoms with Gasteiger partial charge in [-0.2, -0.15) is 4.98 Å². The lowest BCUT2D eigenvalue weighted by Crippen LogP contribution is -1.82. The number of imidazole rings is 1. The van der Waals surface area contributed by atoms with E-state index in [-0.39, 0.29) is 0 Å². The van der Waals surface area contributed by atoms with Crippen LogP contribution in [0, 0.1) is 0 Å². The molecule has 2 heterocycles. The Labute approximate surface area is 72.8 Å². The van der Waals surface area contributed by atoms with Crippen LogP contribution in [-0.2, 0) is 0 Å². The summed E-state index contributed by atoms with van der Waals surface area (Å²) >= 11 is 5.75. The number of methoxy groups -OCH3 is 1. The Balaban J connectivity index is 2.74. The number of hydrogen-bond donors (Lipinski definition) is 1. The molecule has 0 aliphatic carbocycles. The van der Waals surface area contributed by atoms with Gasteiger partial charge in [-0.15, -0.1) is 0 Å². The number of halogens is 1. The van der Waals surface area contributed by atoms with Crippen molar-refractivity contribution in [1.29, 1.82) is 0 Å². The van der Waals surface area contributed by atoms with E-state index < -0.39 is 0 Å². The Morgan fingerprint density at radius 3 is 3.00 bits per heavy atom. The van der Waals surface area contributed by atoms with Crippen LogP contribution in [0.25, 0.3) is 11.2 Å². The molecule has 0 amide bonds. The van der Waals surface area contributed by atoms with Crippen molar-refractivity contribution in [2.24, 2.45) is 0 Å². The van der Waals surface area contributed by atoms with Crippen LogP contribution < -0.4 is 4.74 Å². The van der Waals surface area contributed by atoms with Crippen molar-refractivity contribution in [3.8, 4) is 6.01 Å². The zero-order valence-electron chi connectivity index (χ0n) is 6.21. The van der Waals surface area contributed by atoms with Gasteiger partial charge in [-0.25, -0.2) is 9.97 Å². The number of aromatic nitrogens is 4. The van der Waals surface area contributed by atoms with Gasteiger partial charge >= 0.3 is 0 Å². The minimum atomic E-state index is 0.343. The lowest BCUT2D eigenvalue weighted by atomic mass is 10.6. The van der Waals surface area contributed by atoms with Crippen molar-refractivity contribution >= 4 is 22.8 Å². The van der Waals surface area contributed by atoms with Gasteiger partial charge in [0.05, 0.1) is 7.11 Å². The molecule has 12 heavy (non-hydrogen) atoms. The maximum atomic E-state index is 5.75. The molecule has 0 bridgehead atoms. The maximum Gasteiger partial charge on any atom is 0.295 e. The zero-order valence-corrected chi connectivity index (χ0v) is 6.96. The monoisotopic (exact) mass is 184 g/mol. The molecule has 5 nitrogen and oxygen atoms in total. The summed E-state index contributed by atoms with van der Waals surface area (Å²) in [6, 6.07) is 0.382. The number of H-pyrrole nitrogens is 1. The SMILES string of the molecule is COc1nc2ncnc(Cl)c2[nH]1. The molecule has 0 atom stereocenters. The largest absolute Gasteiger partial charge is 0.468 e. The third kappa shape index (κ3) is 0.984. The molecule has 0 fully saturated rings. The van der Waals surface area contributed by atoms with Crippen LogP contribution in [-0.4, -0.2) is 27.0 Å². The second-order valence-corrected chi connectivity index (χ2v) is 2.47. The van der Waals surface area contributed by atoms with E-state index in [4.69, 9.17) is 16.3 Å². The molecule has 0 radical (unpaired) electrons. The Morgan fingerprint density at radius 1 is 1.50 bits per heavy atom. The van der Waals surface area contributed by atoms with Crippen molar-refractivity contribution in [2.45, 2.75) is 0 Å². The van der Waals surface area contributed by atoms with Gasteiger partial charge in [0, 0.05) is 0 Å². The number of hydrogen-bond acceptors (Lipinski definition) is 4. The maximum absolute atomic E-state index is 5.75. The quantitative estimate of drug-likeness (QED) is 0.672. The molecule has 6 heteroatoms. The van der Waals surface area contributed by atoms with Gasteiger partial charge in [0.25, 0.3) is 6.01 Å². The highest BCUT2D eigenvalue weighted by molar-refractivity contribution is 6.33. The predicted molar refractivity (Wildman–Crippen MR) is 43.2 cm³/mol. The van der Waals surface area contributed by atoms with Gasteiger partial charge in [-0.05, 0) is 0 Å². The van der Waals surface area contributed by atoms with E-state index in [9.17, 15) is 0 Å². The molecule has 0 aliphatic heterocycles. The van der Waals surface area contributed by atoms with Crippen molar-refractivity contribution in [3.63, 3.8) is 0 Å². The molecule has 1 N–H and O–H groups in total. The molecule has 0 spiro atoms. The van der Waals surface area contributed by atoms with Crippen molar-refractivity contribution in [2.75, 3.05) is 7.11 Å². The molecule has 62 valence electrons. The minimum absolute atomic E-state index is 0.343. The molecule has 0 unspecified atom stereocenters. The summed E-state index contributed by atoms with van der Waals surface area (Å²) in [5.74, 6) is 0. The first-order chi connectivity index (χ1) is 5.81. The Hall–Kier alpha value is -1.36. The van der Waals surface area contributed by atoms with E-state index in [0.29, 0.717) is 22.3 Å². The molecule has 0 saturated carbocycles. The topological polar surface area (TPSA) is 63.7 Å². The summed E-state index contributed by atoms with van der Waals surface area (Å²) in [5, 5.41) is 0.343. The summed E-state index contributed by atoms with van der Waals surface area (Å²) < 4.78 is 4.86. The molecular weight excluding hydrogens is 180 g/mol. The van der Waals surface area contributed by atoms with Crippen LogP contribution >= 0.6 is 11.6 Å². The third-order valence-electron chi connectivity index (χ3n) is 1.41. The minimum Gasteiger partial charge on any atom is -0.468 e. The fraction of sp³-hybridized carbons (Fsp3) is 0.167. The van der Waals surface area contributed by atoms with Gasteiger partial charge in [-0.3, -0.25) is 0 Å². The summed E-state index contributed by atoms with van der Waals surface area (Å²) in [5.41, 5.74) is 1.10. The summed E-state index contributed by atoms with van der Waals surface area (Å²) in [7, 11) is 1.51. The zero-order chi connectivity index (χ0) is 8.55. The van der Waals surface area contributed by atoms with Gasteiger partial charge in [0.1, 0.15) is 11.8 Å². The molecule has 0 saturated heterocycles. The molecule has 2 aromatic rings. The van der Waals surface area contributed by atoms with Crippen LogP contribution in [0.4, 0.5) is 0 Å². The lowest BCUT2D eigenvalue weighted by Gasteiger charge is -1.88. The average Bonchev–Trinajstić information content (AvgIpc) is 2.49. The summed E-state index contributed by atoms with van der Waals surface area (Å²) in [6.07, 6.45) is 1.35. The summed E-state index contributed by atoms with van der Waals surface area (Å²) in [6.45, 7) is 0. The second kappa shape index (κ2) is 2.60. The number of fused-ring (bicyclic) bond motifs is 1. The van der Waals surface area contributed by atoms with Gasteiger partial charge in [0.15, 0.2) is 10.8 Å². The lowest BCUT2D eigenvalue weighted by molar-refractivity contribution is 0.386. The normalized spacial score (nSPS) is 10.5. The van der Waals surface area contributed by atoms with Crippen molar-refractivity contribution in [1.82, 2.24) is 19.9 Å². The van der Waals surface area contributed by atoms with Crippen LogP contribution in [0.5, 0.6) is 6.01 Å². The van der Waals surface area contributed by atoms with Crippen LogP contribution in [0.1, 0.15) is 0 Å². The van der Waals surface area contributed by atoms with E-state index in [1.807, 2.05) is 0 Å². The van der Waals surface area contributed by atoms with Gasteiger partial charge in [-0.1, -0.05) is 11.6 Å².